The van der Waals surface area contributed by atoms with Crippen LogP contribution in [0, 0.1) is 0 Å². The van der Waals surface area contributed by atoms with Gasteiger partial charge in [0.1, 0.15) is 0 Å². The van der Waals surface area contributed by atoms with E-state index in [1.807, 2.05) is 0 Å². The lowest BCUT2D eigenvalue weighted by atomic mass is 10.1. The molecule has 0 saturated carbocycles. The van der Waals surface area contributed by atoms with Gasteiger partial charge in [0.05, 0.1) is 4.58 Å². The molecule has 0 spiro atoms. The van der Waals surface area contributed by atoms with Crippen molar-refractivity contribution in [3.05, 3.63) is 29.0 Å². The average molecular weight is 283 g/mol. The zero-order valence-electron chi connectivity index (χ0n) is 12.0. The van der Waals surface area contributed by atoms with Crippen LogP contribution < -0.4 is 0 Å². The molecule has 1 fully saturated rings. The largest absolute Gasteiger partial charge is 0.142 e. The maximum Gasteiger partial charge on any atom is 0.0822 e. The molecule has 18 heavy (non-hydrogen) atoms. The van der Waals surface area contributed by atoms with Crippen LogP contribution in [0.3, 0.4) is 0 Å². The summed E-state index contributed by atoms with van der Waals surface area (Å²) < 4.78 is 0.607. The van der Waals surface area contributed by atoms with Crippen molar-refractivity contribution >= 4 is 23.5 Å². The molecule has 0 amide bonds. The minimum atomic E-state index is 0.607. The lowest BCUT2D eigenvalue weighted by Crippen LogP contribution is -2.08. The average Bonchev–Trinajstić information content (AvgIpc) is 2.39. The molecular formula is C16H26S2. The summed E-state index contributed by atoms with van der Waals surface area (Å²) in [6.45, 7) is 6.60. The summed E-state index contributed by atoms with van der Waals surface area (Å²) in [6, 6.07) is 0. The van der Waals surface area contributed by atoms with Crippen molar-refractivity contribution in [2.75, 3.05) is 11.5 Å². The van der Waals surface area contributed by atoms with E-state index in [0.29, 0.717) is 4.58 Å². The molecule has 0 atom stereocenters. The third kappa shape index (κ3) is 6.22. The van der Waals surface area contributed by atoms with Crippen molar-refractivity contribution in [1.82, 2.24) is 0 Å². The lowest BCUT2D eigenvalue weighted by Gasteiger charge is -2.20. The summed E-state index contributed by atoms with van der Waals surface area (Å²) in [5.74, 6) is 2.60. The van der Waals surface area contributed by atoms with Crippen molar-refractivity contribution in [2.45, 2.75) is 57.5 Å². The van der Waals surface area contributed by atoms with E-state index in [9.17, 15) is 0 Å². The summed E-state index contributed by atoms with van der Waals surface area (Å²) in [4.78, 5) is 0. The Kier molecular flexibility index (Phi) is 8.75. The molecule has 1 heterocycles. The number of rotatable bonds is 6. The highest BCUT2D eigenvalue weighted by Gasteiger charge is 2.16. The fraction of sp³-hybridized carbons (Fsp3) is 0.688. The summed E-state index contributed by atoms with van der Waals surface area (Å²) in [5, 5.41) is 0. The summed E-state index contributed by atoms with van der Waals surface area (Å²) in [6.07, 6.45) is 10.9. The molecule has 0 N–H and O–H groups in total. The molecule has 1 saturated heterocycles. The number of hydrogen-bond donors (Lipinski definition) is 0. The maximum atomic E-state index is 3.65. The molecule has 0 aromatic heterocycles. The summed E-state index contributed by atoms with van der Waals surface area (Å²) >= 11 is 4.16. The Morgan fingerprint density at radius 1 is 1.28 bits per heavy atom. The van der Waals surface area contributed by atoms with Gasteiger partial charge in [-0.25, -0.2) is 0 Å². The van der Waals surface area contributed by atoms with Gasteiger partial charge in [0.15, 0.2) is 0 Å². The van der Waals surface area contributed by atoms with Crippen LogP contribution >= 0.6 is 23.5 Å². The molecular weight excluding hydrogens is 256 g/mol. The SMILES string of the molecule is C/C=C/C(=C=C(C)CCCCC)C1SCCCS1. The lowest BCUT2D eigenvalue weighted by molar-refractivity contribution is 0.713. The van der Waals surface area contributed by atoms with Gasteiger partial charge >= 0.3 is 0 Å². The Bertz CT molecular complexity index is 316. The van der Waals surface area contributed by atoms with E-state index in [-0.39, 0.29) is 0 Å². The van der Waals surface area contributed by atoms with E-state index in [1.54, 1.807) is 0 Å². The molecule has 0 nitrogen and oxygen atoms in total. The Labute approximate surface area is 121 Å². The van der Waals surface area contributed by atoms with Gasteiger partial charge in [0.2, 0.25) is 0 Å². The second-order valence-corrected chi connectivity index (χ2v) is 7.47. The van der Waals surface area contributed by atoms with Crippen molar-refractivity contribution in [2.24, 2.45) is 0 Å². The quantitative estimate of drug-likeness (QED) is 0.342. The molecule has 1 rings (SSSR count). The number of thioether (sulfide) groups is 2. The first-order chi connectivity index (χ1) is 8.77. The monoisotopic (exact) mass is 282 g/mol. The third-order valence-electron chi connectivity index (χ3n) is 2.94. The van der Waals surface area contributed by atoms with Crippen molar-refractivity contribution in [1.29, 1.82) is 0 Å². The Balaban J connectivity index is 2.71. The molecule has 0 aromatic carbocycles. The molecule has 1 aliphatic heterocycles. The first-order valence-electron chi connectivity index (χ1n) is 7.10. The topological polar surface area (TPSA) is 0 Å². The van der Waals surface area contributed by atoms with Gasteiger partial charge in [0, 0.05) is 5.57 Å². The second-order valence-electron chi connectivity index (χ2n) is 4.74. The van der Waals surface area contributed by atoms with Crippen LogP contribution in [0.5, 0.6) is 0 Å². The van der Waals surface area contributed by atoms with Gasteiger partial charge < -0.3 is 0 Å². The summed E-state index contributed by atoms with van der Waals surface area (Å²) in [5.41, 5.74) is 6.46. The number of hydrogen-bond acceptors (Lipinski definition) is 2. The smallest absolute Gasteiger partial charge is 0.0822 e. The highest BCUT2D eigenvalue weighted by molar-refractivity contribution is 8.17. The van der Waals surface area contributed by atoms with Crippen molar-refractivity contribution in [3.8, 4) is 0 Å². The van der Waals surface area contributed by atoms with E-state index in [0.717, 1.165) is 0 Å². The summed E-state index contributed by atoms with van der Waals surface area (Å²) in [7, 11) is 0. The first kappa shape index (κ1) is 16.0. The normalized spacial score (nSPS) is 16.8. The first-order valence-corrected chi connectivity index (χ1v) is 9.19. The predicted octanol–water partition coefficient (Wildman–Crippen LogP) is 5.81. The molecule has 102 valence electrons. The van der Waals surface area contributed by atoms with Crippen LogP contribution in [0.1, 0.15) is 52.9 Å². The van der Waals surface area contributed by atoms with Crippen LogP contribution in [-0.2, 0) is 0 Å². The number of allylic oxidation sites excluding steroid dienone is 2. The van der Waals surface area contributed by atoms with Gasteiger partial charge in [-0.2, -0.15) is 0 Å². The molecule has 0 bridgehead atoms. The van der Waals surface area contributed by atoms with Gasteiger partial charge in [-0.15, -0.1) is 29.3 Å². The van der Waals surface area contributed by atoms with E-state index in [1.165, 1.54) is 54.8 Å². The predicted molar refractivity (Wildman–Crippen MR) is 88.5 cm³/mol. The fourth-order valence-corrected chi connectivity index (χ4v) is 4.80. The zero-order chi connectivity index (χ0) is 13.2. The minimum absolute atomic E-state index is 0.607. The zero-order valence-corrected chi connectivity index (χ0v) is 13.6. The highest BCUT2D eigenvalue weighted by Crippen LogP contribution is 2.36. The van der Waals surface area contributed by atoms with Gasteiger partial charge in [-0.3, -0.25) is 0 Å². The number of unbranched alkanes of at least 4 members (excludes halogenated alkanes) is 2. The third-order valence-corrected chi connectivity index (χ3v) is 5.92. The molecule has 0 radical (unpaired) electrons. The molecule has 1 aliphatic rings. The van der Waals surface area contributed by atoms with Crippen LogP contribution in [0.4, 0.5) is 0 Å². The second kappa shape index (κ2) is 9.83. The standard InChI is InChI=1S/C16H26S2/c1-4-6-7-10-14(3)13-15(9-5-2)16-17-11-8-12-18-16/h5,9,16H,4,6-8,10-12H2,1-3H3/b9-5+. The highest BCUT2D eigenvalue weighted by atomic mass is 32.2. The fourth-order valence-electron chi connectivity index (χ4n) is 1.98. The van der Waals surface area contributed by atoms with E-state index in [4.69, 9.17) is 0 Å². The van der Waals surface area contributed by atoms with Crippen molar-refractivity contribution in [3.63, 3.8) is 0 Å². The molecule has 2 heteroatoms. The molecule has 0 aromatic rings. The van der Waals surface area contributed by atoms with Crippen LogP contribution in [0.2, 0.25) is 0 Å². The van der Waals surface area contributed by atoms with Crippen molar-refractivity contribution < 1.29 is 0 Å². The van der Waals surface area contributed by atoms with Crippen LogP contribution in [-0.4, -0.2) is 16.1 Å². The van der Waals surface area contributed by atoms with E-state index < -0.39 is 0 Å². The Morgan fingerprint density at radius 2 is 2.00 bits per heavy atom. The maximum absolute atomic E-state index is 3.65. The van der Waals surface area contributed by atoms with Crippen LogP contribution in [0.15, 0.2) is 29.0 Å². The van der Waals surface area contributed by atoms with Crippen LogP contribution in [0.25, 0.3) is 0 Å². The minimum Gasteiger partial charge on any atom is -0.142 e. The van der Waals surface area contributed by atoms with E-state index in [2.05, 4.69) is 62.2 Å². The van der Waals surface area contributed by atoms with E-state index >= 15 is 0 Å². The Hall–Kier alpha value is -0.0400. The Morgan fingerprint density at radius 3 is 2.61 bits per heavy atom. The van der Waals surface area contributed by atoms with Gasteiger partial charge in [-0.05, 0) is 50.2 Å². The van der Waals surface area contributed by atoms with Gasteiger partial charge in [-0.1, -0.05) is 31.9 Å². The molecule has 0 aliphatic carbocycles. The van der Waals surface area contributed by atoms with Gasteiger partial charge in [0.25, 0.3) is 0 Å². The molecule has 0 unspecified atom stereocenters.